The van der Waals surface area contributed by atoms with Crippen LogP contribution in [0.25, 0.3) is 0 Å². The molecular weight excluding hydrogens is 307 g/mol. The SMILES string of the molecule is CC1CCN(CC(O)CNS(=O)(=O)c2cccc(F)c2)CC1. The lowest BCUT2D eigenvalue weighted by atomic mass is 9.99. The number of sulfonamides is 1. The van der Waals surface area contributed by atoms with Gasteiger partial charge < -0.3 is 10.0 Å². The molecule has 0 amide bonds. The molecule has 1 aromatic rings. The maximum Gasteiger partial charge on any atom is 0.240 e. The Bertz CT molecular complexity index is 586. The normalized spacial score (nSPS) is 19.2. The summed E-state index contributed by atoms with van der Waals surface area (Å²) in [5.41, 5.74) is 0. The van der Waals surface area contributed by atoms with Crippen molar-refractivity contribution in [3.05, 3.63) is 30.1 Å². The molecule has 0 spiro atoms. The number of nitrogens with one attached hydrogen (secondary N) is 1. The van der Waals surface area contributed by atoms with Crippen molar-refractivity contribution in [3.8, 4) is 0 Å². The van der Waals surface area contributed by atoms with Crippen molar-refractivity contribution < 1.29 is 17.9 Å². The Morgan fingerprint density at radius 1 is 1.41 bits per heavy atom. The molecule has 7 heteroatoms. The van der Waals surface area contributed by atoms with Crippen LogP contribution in [-0.4, -0.2) is 50.7 Å². The Kier molecular flexibility index (Phi) is 5.91. The van der Waals surface area contributed by atoms with Crippen LogP contribution in [0.1, 0.15) is 19.8 Å². The third kappa shape index (κ3) is 5.01. The molecular formula is C15H23FN2O3S. The van der Waals surface area contributed by atoms with E-state index in [1.165, 1.54) is 18.2 Å². The highest BCUT2D eigenvalue weighted by atomic mass is 32.2. The van der Waals surface area contributed by atoms with Gasteiger partial charge in [-0.05, 0) is 50.0 Å². The maximum atomic E-state index is 13.1. The largest absolute Gasteiger partial charge is 0.390 e. The first-order valence-corrected chi connectivity index (χ1v) is 9.01. The summed E-state index contributed by atoms with van der Waals surface area (Å²) in [5.74, 6) is 0.103. The molecule has 1 aliphatic heterocycles. The van der Waals surface area contributed by atoms with Gasteiger partial charge in [-0.3, -0.25) is 0 Å². The zero-order valence-electron chi connectivity index (χ0n) is 12.7. The van der Waals surface area contributed by atoms with Crippen molar-refractivity contribution in [1.29, 1.82) is 0 Å². The number of nitrogens with zero attached hydrogens (tertiary/aromatic N) is 1. The number of likely N-dealkylation sites (tertiary alicyclic amines) is 1. The molecule has 0 bridgehead atoms. The molecule has 0 radical (unpaired) electrons. The van der Waals surface area contributed by atoms with Gasteiger partial charge in [-0.2, -0.15) is 0 Å². The molecule has 2 N–H and O–H groups in total. The van der Waals surface area contributed by atoms with Crippen LogP contribution in [0.2, 0.25) is 0 Å². The van der Waals surface area contributed by atoms with Crippen molar-refractivity contribution in [3.63, 3.8) is 0 Å². The van der Waals surface area contributed by atoms with Crippen molar-refractivity contribution in [2.75, 3.05) is 26.2 Å². The number of rotatable bonds is 6. The highest BCUT2D eigenvalue weighted by Crippen LogP contribution is 2.16. The number of hydrogen-bond acceptors (Lipinski definition) is 4. The minimum Gasteiger partial charge on any atom is -0.390 e. The lowest BCUT2D eigenvalue weighted by molar-refractivity contribution is 0.0942. The highest BCUT2D eigenvalue weighted by molar-refractivity contribution is 7.89. The summed E-state index contributed by atoms with van der Waals surface area (Å²) in [6.45, 7) is 4.42. The number of aliphatic hydroxyl groups is 1. The monoisotopic (exact) mass is 330 g/mol. The van der Waals surface area contributed by atoms with Crippen molar-refractivity contribution in [1.82, 2.24) is 9.62 Å². The van der Waals surface area contributed by atoms with Gasteiger partial charge in [0.25, 0.3) is 0 Å². The van der Waals surface area contributed by atoms with Gasteiger partial charge in [0.1, 0.15) is 5.82 Å². The summed E-state index contributed by atoms with van der Waals surface area (Å²) in [4.78, 5) is 2.01. The summed E-state index contributed by atoms with van der Waals surface area (Å²) in [5, 5.41) is 9.99. The molecule has 1 unspecified atom stereocenters. The number of β-amino-alcohol motifs (C(OH)–C–C–N with tert-alkyl or cyclic N) is 1. The van der Waals surface area contributed by atoms with Crippen LogP contribution in [-0.2, 0) is 10.0 Å². The van der Waals surface area contributed by atoms with Crippen molar-refractivity contribution in [2.24, 2.45) is 5.92 Å². The third-order valence-electron chi connectivity index (χ3n) is 3.96. The molecule has 22 heavy (non-hydrogen) atoms. The quantitative estimate of drug-likeness (QED) is 0.822. The second-order valence-corrected chi connectivity index (χ2v) is 7.71. The molecule has 1 fully saturated rings. The molecule has 1 atom stereocenters. The first-order chi connectivity index (χ1) is 10.4. The molecule has 1 saturated heterocycles. The van der Waals surface area contributed by atoms with Gasteiger partial charge in [0.05, 0.1) is 11.0 Å². The van der Waals surface area contributed by atoms with E-state index in [1.807, 2.05) is 0 Å². The highest BCUT2D eigenvalue weighted by Gasteiger charge is 2.20. The van der Waals surface area contributed by atoms with Crippen LogP contribution in [0.15, 0.2) is 29.2 Å². The summed E-state index contributed by atoms with van der Waals surface area (Å²) in [6, 6.07) is 4.81. The Hall–Kier alpha value is -1.02. The number of benzene rings is 1. The second kappa shape index (κ2) is 7.50. The molecule has 1 heterocycles. The number of hydrogen-bond donors (Lipinski definition) is 2. The summed E-state index contributed by atoms with van der Waals surface area (Å²) in [6.07, 6.45) is 1.42. The smallest absolute Gasteiger partial charge is 0.240 e. The molecule has 1 aromatic carbocycles. The van der Waals surface area contributed by atoms with E-state index in [4.69, 9.17) is 0 Å². The fourth-order valence-electron chi connectivity index (χ4n) is 2.53. The van der Waals surface area contributed by atoms with Gasteiger partial charge >= 0.3 is 0 Å². The summed E-state index contributed by atoms with van der Waals surface area (Å²) < 4.78 is 39.5. The second-order valence-electron chi connectivity index (χ2n) is 5.95. The molecule has 0 aromatic heterocycles. The third-order valence-corrected chi connectivity index (χ3v) is 5.38. The maximum absolute atomic E-state index is 13.1. The van der Waals surface area contributed by atoms with Gasteiger partial charge in [0.2, 0.25) is 10.0 Å². The molecule has 0 saturated carbocycles. The predicted molar refractivity (Wildman–Crippen MR) is 82.4 cm³/mol. The van der Waals surface area contributed by atoms with E-state index in [9.17, 15) is 17.9 Å². The van der Waals surface area contributed by atoms with Gasteiger partial charge in [-0.25, -0.2) is 17.5 Å². The van der Waals surface area contributed by atoms with Crippen LogP contribution in [0.5, 0.6) is 0 Å². The zero-order valence-corrected chi connectivity index (χ0v) is 13.5. The molecule has 0 aliphatic carbocycles. The van der Waals surface area contributed by atoms with E-state index >= 15 is 0 Å². The number of piperidine rings is 1. The first kappa shape index (κ1) is 17.3. The number of aliphatic hydroxyl groups excluding tert-OH is 1. The molecule has 124 valence electrons. The average Bonchev–Trinajstić information content (AvgIpc) is 2.48. The van der Waals surface area contributed by atoms with E-state index in [0.717, 1.165) is 32.0 Å². The van der Waals surface area contributed by atoms with Crippen LogP contribution >= 0.6 is 0 Å². The Morgan fingerprint density at radius 2 is 2.09 bits per heavy atom. The lowest BCUT2D eigenvalue weighted by Gasteiger charge is -2.31. The molecule has 1 aliphatic rings. The topological polar surface area (TPSA) is 69.6 Å². The van der Waals surface area contributed by atoms with Crippen LogP contribution in [0.3, 0.4) is 0 Å². The van der Waals surface area contributed by atoms with E-state index < -0.39 is 21.9 Å². The fraction of sp³-hybridized carbons (Fsp3) is 0.600. The Morgan fingerprint density at radius 3 is 2.73 bits per heavy atom. The number of halogens is 1. The standard InChI is InChI=1S/C15H23FN2O3S/c1-12-5-7-18(8-6-12)11-14(19)10-17-22(20,21)15-4-2-3-13(16)9-15/h2-4,9,12,14,17,19H,5-8,10-11H2,1H3. The van der Waals surface area contributed by atoms with Crippen LogP contribution in [0.4, 0.5) is 4.39 Å². The molecule has 5 nitrogen and oxygen atoms in total. The van der Waals surface area contributed by atoms with E-state index in [2.05, 4.69) is 16.5 Å². The van der Waals surface area contributed by atoms with E-state index in [-0.39, 0.29) is 11.4 Å². The first-order valence-electron chi connectivity index (χ1n) is 7.52. The molecule has 2 rings (SSSR count). The van der Waals surface area contributed by atoms with Gasteiger partial charge in [-0.1, -0.05) is 13.0 Å². The average molecular weight is 330 g/mol. The van der Waals surface area contributed by atoms with Crippen molar-refractivity contribution in [2.45, 2.75) is 30.8 Å². The Balaban J connectivity index is 1.83. The summed E-state index contributed by atoms with van der Waals surface area (Å²) >= 11 is 0. The lowest BCUT2D eigenvalue weighted by Crippen LogP contribution is -2.43. The van der Waals surface area contributed by atoms with Gasteiger partial charge in [0, 0.05) is 13.1 Å². The van der Waals surface area contributed by atoms with Crippen LogP contribution < -0.4 is 4.72 Å². The Labute approximate surface area is 131 Å². The van der Waals surface area contributed by atoms with Gasteiger partial charge in [-0.15, -0.1) is 0 Å². The van der Waals surface area contributed by atoms with E-state index in [1.54, 1.807) is 0 Å². The minimum atomic E-state index is -3.80. The van der Waals surface area contributed by atoms with Crippen LogP contribution in [0, 0.1) is 11.7 Å². The van der Waals surface area contributed by atoms with E-state index in [0.29, 0.717) is 12.5 Å². The predicted octanol–water partition coefficient (Wildman–Crippen LogP) is 1.20. The fourth-order valence-corrected chi connectivity index (χ4v) is 3.63. The minimum absolute atomic E-state index is 0.0785. The zero-order chi connectivity index (χ0) is 16.2. The summed E-state index contributed by atoms with van der Waals surface area (Å²) in [7, 11) is -3.80. The van der Waals surface area contributed by atoms with Crippen molar-refractivity contribution >= 4 is 10.0 Å². The van der Waals surface area contributed by atoms with Gasteiger partial charge in [0.15, 0.2) is 0 Å².